The van der Waals surface area contributed by atoms with E-state index in [2.05, 4.69) is 9.71 Å². The molecule has 3 N–H and O–H groups in total. The SMILES string of the molecule is CC(NS(=O)(=O)c1c(N)ncn1C)c1ccc(Cl)cc1Cl. The quantitative estimate of drug-likeness (QED) is 0.887. The normalized spacial score (nSPS) is 13.3. The van der Waals surface area contributed by atoms with E-state index in [0.717, 1.165) is 0 Å². The van der Waals surface area contributed by atoms with Gasteiger partial charge in [-0.25, -0.2) is 18.1 Å². The van der Waals surface area contributed by atoms with E-state index >= 15 is 0 Å². The van der Waals surface area contributed by atoms with Crippen molar-refractivity contribution in [3.63, 3.8) is 0 Å². The minimum absolute atomic E-state index is 0.0561. The predicted molar refractivity (Wildman–Crippen MR) is 82.8 cm³/mol. The van der Waals surface area contributed by atoms with Gasteiger partial charge in [-0.05, 0) is 24.6 Å². The van der Waals surface area contributed by atoms with Gasteiger partial charge < -0.3 is 10.3 Å². The molecular formula is C12H14Cl2N4O2S. The second kappa shape index (κ2) is 5.84. The largest absolute Gasteiger partial charge is 0.381 e. The number of nitrogens with two attached hydrogens (primary N) is 1. The molecule has 0 saturated carbocycles. The molecule has 0 aliphatic carbocycles. The second-order valence-corrected chi connectivity index (χ2v) is 7.03. The van der Waals surface area contributed by atoms with Crippen LogP contribution in [0.3, 0.4) is 0 Å². The van der Waals surface area contributed by atoms with Gasteiger partial charge in [0.15, 0.2) is 10.8 Å². The number of aromatic nitrogens is 2. The minimum Gasteiger partial charge on any atom is -0.381 e. The summed E-state index contributed by atoms with van der Waals surface area (Å²) in [6, 6.07) is 4.33. The van der Waals surface area contributed by atoms with E-state index in [-0.39, 0.29) is 10.8 Å². The summed E-state index contributed by atoms with van der Waals surface area (Å²) in [4.78, 5) is 3.77. The van der Waals surface area contributed by atoms with Gasteiger partial charge in [0.25, 0.3) is 10.0 Å². The topological polar surface area (TPSA) is 90.0 Å². The summed E-state index contributed by atoms with van der Waals surface area (Å²) < 4.78 is 28.6. The lowest BCUT2D eigenvalue weighted by Crippen LogP contribution is -2.29. The van der Waals surface area contributed by atoms with E-state index in [4.69, 9.17) is 28.9 Å². The smallest absolute Gasteiger partial charge is 0.260 e. The second-order valence-electron chi connectivity index (χ2n) is 4.55. The standard InChI is InChI=1S/C12H14Cl2N4O2S/c1-7(9-4-3-8(13)5-10(9)14)17-21(19,20)12-11(15)16-6-18(12)2/h3-7,17H,15H2,1-2H3. The highest BCUT2D eigenvalue weighted by Crippen LogP contribution is 2.27. The summed E-state index contributed by atoms with van der Waals surface area (Å²) in [5.41, 5.74) is 6.21. The van der Waals surface area contributed by atoms with E-state index in [9.17, 15) is 8.42 Å². The molecule has 0 bridgehead atoms. The number of anilines is 1. The average molecular weight is 349 g/mol. The number of aryl methyl sites for hydroxylation is 1. The summed E-state index contributed by atoms with van der Waals surface area (Å²) in [7, 11) is -2.27. The maximum Gasteiger partial charge on any atom is 0.260 e. The van der Waals surface area contributed by atoms with Crippen molar-refractivity contribution >= 4 is 39.0 Å². The zero-order valence-electron chi connectivity index (χ0n) is 11.3. The van der Waals surface area contributed by atoms with Gasteiger partial charge in [0.1, 0.15) is 0 Å². The van der Waals surface area contributed by atoms with Crippen LogP contribution in [0.2, 0.25) is 10.0 Å². The van der Waals surface area contributed by atoms with Crippen molar-refractivity contribution in [1.82, 2.24) is 14.3 Å². The average Bonchev–Trinajstić information content (AvgIpc) is 2.68. The van der Waals surface area contributed by atoms with Crippen molar-refractivity contribution < 1.29 is 8.42 Å². The monoisotopic (exact) mass is 348 g/mol. The van der Waals surface area contributed by atoms with Gasteiger partial charge in [-0.3, -0.25) is 0 Å². The molecule has 0 spiro atoms. The Labute approximate surface area is 132 Å². The Hall–Kier alpha value is -1.28. The summed E-state index contributed by atoms with van der Waals surface area (Å²) in [5.74, 6) is -0.0561. The molecule has 1 unspecified atom stereocenters. The fraction of sp³-hybridized carbons (Fsp3) is 0.250. The van der Waals surface area contributed by atoms with Gasteiger partial charge in [-0.1, -0.05) is 29.3 Å². The Morgan fingerprint density at radius 1 is 1.38 bits per heavy atom. The molecule has 0 radical (unpaired) electrons. The number of nitrogens with one attached hydrogen (secondary N) is 1. The third-order valence-electron chi connectivity index (χ3n) is 2.92. The number of rotatable bonds is 4. The molecule has 0 fully saturated rings. The number of nitrogens with zero attached hydrogens (tertiary/aromatic N) is 2. The van der Waals surface area contributed by atoms with Crippen LogP contribution in [0, 0.1) is 0 Å². The zero-order valence-corrected chi connectivity index (χ0v) is 13.7. The summed E-state index contributed by atoms with van der Waals surface area (Å²) in [5, 5.41) is 0.782. The number of sulfonamides is 1. The van der Waals surface area contributed by atoms with Crippen LogP contribution in [0.4, 0.5) is 5.82 Å². The number of imidazole rings is 1. The lowest BCUT2D eigenvalue weighted by Gasteiger charge is -2.16. The number of halogens is 2. The van der Waals surface area contributed by atoms with Crippen LogP contribution < -0.4 is 10.5 Å². The van der Waals surface area contributed by atoms with Crippen LogP contribution >= 0.6 is 23.2 Å². The highest BCUT2D eigenvalue weighted by Gasteiger charge is 2.25. The highest BCUT2D eigenvalue weighted by molar-refractivity contribution is 7.89. The van der Waals surface area contributed by atoms with Crippen LogP contribution in [0.5, 0.6) is 0 Å². The zero-order chi connectivity index (χ0) is 15.8. The Kier molecular flexibility index (Phi) is 4.48. The van der Waals surface area contributed by atoms with Crippen LogP contribution in [0.1, 0.15) is 18.5 Å². The van der Waals surface area contributed by atoms with Crippen LogP contribution in [0.25, 0.3) is 0 Å². The van der Waals surface area contributed by atoms with Gasteiger partial charge in [-0.2, -0.15) is 0 Å². The number of benzene rings is 1. The molecule has 9 heteroatoms. The van der Waals surface area contributed by atoms with E-state index in [1.807, 2.05) is 0 Å². The first-order valence-electron chi connectivity index (χ1n) is 5.96. The number of nitrogen functional groups attached to an aromatic ring is 1. The minimum atomic E-state index is -3.82. The molecule has 0 amide bonds. The van der Waals surface area contributed by atoms with Crippen molar-refractivity contribution in [1.29, 1.82) is 0 Å². The van der Waals surface area contributed by atoms with E-state index < -0.39 is 16.1 Å². The van der Waals surface area contributed by atoms with Crippen LogP contribution in [-0.4, -0.2) is 18.0 Å². The third kappa shape index (κ3) is 3.32. The first-order chi connectivity index (χ1) is 9.72. The van der Waals surface area contributed by atoms with Crippen LogP contribution in [0.15, 0.2) is 29.6 Å². The molecule has 0 aliphatic rings. The van der Waals surface area contributed by atoms with Crippen molar-refractivity contribution in [3.8, 4) is 0 Å². The van der Waals surface area contributed by atoms with Crippen LogP contribution in [-0.2, 0) is 17.1 Å². The summed E-state index contributed by atoms with van der Waals surface area (Å²) >= 11 is 11.9. The predicted octanol–water partition coefficient (Wildman–Crippen LogP) is 2.35. The maximum absolute atomic E-state index is 12.4. The number of hydrogen-bond donors (Lipinski definition) is 2. The Balaban J connectivity index is 2.32. The Morgan fingerprint density at radius 2 is 2.05 bits per heavy atom. The maximum atomic E-state index is 12.4. The van der Waals surface area contributed by atoms with Crippen molar-refractivity contribution in [2.45, 2.75) is 18.0 Å². The highest BCUT2D eigenvalue weighted by atomic mass is 35.5. The molecule has 1 atom stereocenters. The fourth-order valence-corrected chi connectivity index (χ4v) is 4.00. The molecule has 0 aliphatic heterocycles. The molecule has 114 valence electrons. The molecule has 1 aromatic heterocycles. The van der Waals surface area contributed by atoms with Crippen molar-refractivity contribution in [2.75, 3.05) is 5.73 Å². The molecule has 2 aromatic rings. The summed E-state index contributed by atoms with van der Waals surface area (Å²) in [6.45, 7) is 1.68. The van der Waals surface area contributed by atoms with E-state index in [0.29, 0.717) is 15.6 Å². The Bertz CT molecular complexity index is 754. The van der Waals surface area contributed by atoms with Gasteiger partial charge in [-0.15, -0.1) is 0 Å². The molecule has 1 aromatic carbocycles. The Morgan fingerprint density at radius 3 is 2.57 bits per heavy atom. The first-order valence-corrected chi connectivity index (χ1v) is 8.20. The van der Waals surface area contributed by atoms with E-state index in [1.54, 1.807) is 32.2 Å². The lowest BCUT2D eigenvalue weighted by atomic mass is 10.1. The van der Waals surface area contributed by atoms with Gasteiger partial charge in [0.2, 0.25) is 0 Å². The fourth-order valence-electron chi connectivity index (χ4n) is 1.97. The van der Waals surface area contributed by atoms with E-state index in [1.165, 1.54) is 10.9 Å². The molecule has 0 saturated heterocycles. The third-order valence-corrected chi connectivity index (χ3v) is 5.16. The molecule has 2 rings (SSSR count). The molecule has 6 nitrogen and oxygen atoms in total. The molecular weight excluding hydrogens is 335 g/mol. The molecule has 21 heavy (non-hydrogen) atoms. The molecule has 1 heterocycles. The van der Waals surface area contributed by atoms with Crippen molar-refractivity contribution in [2.24, 2.45) is 7.05 Å². The van der Waals surface area contributed by atoms with Crippen molar-refractivity contribution in [3.05, 3.63) is 40.1 Å². The number of hydrogen-bond acceptors (Lipinski definition) is 4. The summed E-state index contributed by atoms with van der Waals surface area (Å²) in [6.07, 6.45) is 1.34. The lowest BCUT2D eigenvalue weighted by molar-refractivity contribution is 0.558. The van der Waals surface area contributed by atoms with Gasteiger partial charge in [0.05, 0.1) is 6.33 Å². The van der Waals surface area contributed by atoms with Gasteiger partial charge >= 0.3 is 0 Å². The first kappa shape index (κ1) is 16.1. The van der Waals surface area contributed by atoms with Gasteiger partial charge in [0, 0.05) is 23.1 Å².